The lowest BCUT2D eigenvalue weighted by atomic mass is 10.0. The summed E-state index contributed by atoms with van der Waals surface area (Å²) in [4.78, 5) is 61.3. The summed E-state index contributed by atoms with van der Waals surface area (Å²) >= 11 is 1.53. The van der Waals surface area contributed by atoms with Crippen molar-refractivity contribution in [2.45, 2.75) is 63.7 Å². The number of nitrogens with two attached hydrogens (primary N) is 1. The number of amides is 3. The maximum Gasteiger partial charge on any atom is 0.326 e. The Balaban J connectivity index is 3.11. The van der Waals surface area contributed by atoms with Crippen LogP contribution >= 0.6 is 11.8 Å². The average molecular weight is 525 g/mol. The first-order chi connectivity index (χ1) is 17.0. The van der Waals surface area contributed by atoms with Gasteiger partial charge in [0.1, 0.15) is 18.1 Å². The van der Waals surface area contributed by atoms with Crippen LogP contribution in [0.15, 0.2) is 30.3 Å². The molecule has 0 fully saturated rings. The summed E-state index contributed by atoms with van der Waals surface area (Å²) in [5, 5.41) is 26.0. The van der Waals surface area contributed by atoms with E-state index < -0.39 is 66.2 Å². The molecule has 0 aliphatic heterocycles. The Morgan fingerprint density at radius 2 is 1.47 bits per heavy atom. The first-order valence-corrected chi connectivity index (χ1v) is 13.0. The van der Waals surface area contributed by atoms with E-state index in [-0.39, 0.29) is 12.8 Å². The van der Waals surface area contributed by atoms with E-state index >= 15 is 0 Å². The zero-order chi connectivity index (χ0) is 27.3. The van der Waals surface area contributed by atoms with Crippen LogP contribution in [0.25, 0.3) is 0 Å². The largest absolute Gasteiger partial charge is 0.481 e. The lowest BCUT2D eigenvalue weighted by molar-refractivity contribution is -0.144. The molecule has 0 spiro atoms. The Morgan fingerprint density at radius 3 is 2.00 bits per heavy atom. The van der Waals surface area contributed by atoms with E-state index in [4.69, 9.17) is 10.8 Å². The van der Waals surface area contributed by atoms with Gasteiger partial charge in [-0.1, -0.05) is 44.2 Å². The molecule has 3 amide bonds. The molecule has 0 radical (unpaired) electrons. The van der Waals surface area contributed by atoms with Crippen molar-refractivity contribution in [3.63, 3.8) is 0 Å². The van der Waals surface area contributed by atoms with E-state index in [0.29, 0.717) is 12.2 Å². The molecule has 0 heterocycles. The fourth-order valence-corrected chi connectivity index (χ4v) is 3.78. The smallest absolute Gasteiger partial charge is 0.326 e. The Morgan fingerprint density at radius 1 is 0.889 bits per heavy atom. The molecular formula is C24H36N4O7S. The number of carbonyl (C=O) groups excluding carboxylic acids is 3. The second-order valence-corrected chi connectivity index (χ2v) is 9.69. The molecule has 0 aliphatic carbocycles. The van der Waals surface area contributed by atoms with E-state index in [9.17, 15) is 29.1 Å². The van der Waals surface area contributed by atoms with E-state index in [1.165, 1.54) is 11.8 Å². The van der Waals surface area contributed by atoms with Crippen molar-refractivity contribution in [3.8, 4) is 0 Å². The normalized spacial score (nSPS) is 14.2. The molecule has 1 aromatic rings. The quantitative estimate of drug-likeness (QED) is 0.177. The van der Waals surface area contributed by atoms with Crippen LogP contribution in [0.3, 0.4) is 0 Å². The molecular weight excluding hydrogens is 488 g/mol. The SMILES string of the molecule is CSCCC(N)C(=O)NC(Cc1ccccc1)C(=O)NC(CCC(=O)O)C(=O)NC(C(=O)O)C(C)C. The molecule has 1 aromatic carbocycles. The first kappa shape index (κ1) is 30.9. The number of hydrogen-bond donors (Lipinski definition) is 6. The number of rotatable bonds is 16. The number of carbonyl (C=O) groups is 5. The van der Waals surface area contributed by atoms with E-state index in [0.717, 1.165) is 5.56 Å². The number of thioether (sulfide) groups is 1. The Hall–Kier alpha value is -3.12. The monoisotopic (exact) mass is 524 g/mol. The number of nitrogens with one attached hydrogen (secondary N) is 3. The zero-order valence-electron chi connectivity index (χ0n) is 20.7. The topological polar surface area (TPSA) is 188 Å². The third-order valence-electron chi connectivity index (χ3n) is 5.40. The molecule has 12 heteroatoms. The molecule has 0 aliphatic rings. The fourth-order valence-electron chi connectivity index (χ4n) is 3.29. The minimum atomic E-state index is -1.32. The first-order valence-electron chi connectivity index (χ1n) is 11.6. The number of benzene rings is 1. The molecule has 36 heavy (non-hydrogen) atoms. The summed E-state index contributed by atoms with van der Waals surface area (Å²) in [6.07, 6.45) is 1.68. The standard InChI is InChI=1S/C24H36N4O7S/c1-14(2)20(24(34)35)28-22(32)17(9-10-19(29)30)26-23(33)18(13-15-7-5-4-6-8-15)27-21(31)16(25)11-12-36-3/h4-8,14,16-18,20H,9-13,25H2,1-3H3,(H,26,33)(H,27,31)(H,28,32)(H,29,30)(H,34,35). The van der Waals surface area contributed by atoms with Gasteiger partial charge in [-0.15, -0.1) is 0 Å². The van der Waals surface area contributed by atoms with Crippen LogP contribution in [0, 0.1) is 5.92 Å². The van der Waals surface area contributed by atoms with Gasteiger partial charge in [-0.05, 0) is 36.3 Å². The molecule has 11 nitrogen and oxygen atoms in total. The predicted octanol–water partition coefficient (Wildman–Crippen LogP) is 0.369. The van der Waals surface area contributed by atoms with Crippen molar-refractivity contribution in [3.05, 3.63) is 35.9 Å². The minimum Gasteiger partial charge on any atom is -0.481 e. The Kier molecular flexibility index (Phi) is 13.6. The number of aliphatic carboxylic acids is 2. The van der Waals surface area contributed by atoms with Crippen molar-refractivity contribution < 1.29 is 34.2 Å². The number of hydrogen-bond acceptors (Lipinski definition) is 7. The van der Waals surface area contributed by atoms with Crippen LogP contribution in [0.2, 0.25) is 0 Å². The van der Waals surface area contributed by atoms with Crippen LogP contribution in [-0.4, -0.2) is 76.0 Å². The molecule has 0 saturated carbocycles. The molecule has 4 atom stereocenters. The van der Waals surface area contributed by atoms with Crippen LogP contribution in [0.4, 0.5) is 0 Å². The highest BCUT2D eigenvalue weighted by Crippen LogP contribution is 2.08. The van der Waals surface area contributed by atoms with Gasteiger partial charge in [0.15, 0.2) is 0 Å². The van der Waals surface area contributed by atoms with Gasteiger partial charge in [-0.2, -0.15) is 11.8 Å². The van der Waals surface area contributed by atoms with Crippen LogP contribution < -0.4 is 21.7 Å². The van der Waals surface area contributed by atoms with Gasteiger partial charge >= 0.3 is 11.9 Å². The second-order valence-electron chi connectivity index (χ2n) is 8.70. The van der Waals surface area contributed by atoms with Gasteiger partial charge in [0.25, 0.3) is 0 Å². The van der Waals surface area contributed by atoms with Crippen molar-refractivity contribution in [1.82, 2.24) is 16.0 Å². The van der Waals surface area contributed by atoms with Crippen molar-refractivity contribution in [2.75, 3.05) is 12.0 Å². The van der Waals surface area contributed by atoms with Gasteiger partial charge in [-0.25, -0.2) is 4.79 Å². The van der Waals surface area contributed by atoms with Crippen molar-refractivity contribution in [2.24, 2.45) is 11.7 Å². The van der Waals surface area contributed by atoms with E-state index in [1.807, 2.05) is 6.26 Å². The van der Waals surface area contributed by atoms with Crippen molar-refractivity contribution >= 4 is 41.4 Å². The predicted molar refractivity (Wildman–Crippen MR) is 136 cm³/mol. The highest BCUT2D eigenvalue weighted by molar-refractivity contribution is 7.98. The molecule has 1 rings (SSSR count). The van der Waals surface area contributed by atoms with Crippen molar-refractivity contribution in [1.29, 1.82) is 0 Å². The lowest BCUT2D eigenvalue weighted by Crippen LogP contribution is -2.58. The van der Waals surface area contributed by atoms with Gasteiger partial charge in [0, 0.05) is 12.8 Å². The summed E-state index contributed by atoms with van der Waals surface area (Å²) in [6.45, 7) is 3.21. The maximum atomic E-state index is 13.2. The van der Waals surface area contributed by atoms with Gasteiger partial charge < -0.3 is 31.9 Å². The molecule has 200 valence electrons. The van der Waals surface area contributed by atoms with E-state index in [1.54, 1.807) is 44.2 Å². The van der Waals surface area contributed by atoms with Gasteiger partial charge in [0.05, 0.1) is 6.04 Å². The summed E-state index contributed by atoms with van der Waals surface area (Å²) in [7, 11) is 0. The Labute approximate surface area is 215 Å². The van der Waals surface area contributed by atoms with Crippen LogP contribution in [0.5, 0.6) is 0 Å². The number of carboxylic acids is 2. The average Bonchev–Trinajstić information content (AvgIpc) is 2.82. The second kappa shape index (κ2) is 15.8. The fraction of sp³-hybridized carbons (Fsp3) is 0.542. The zero-order valence-corrected chi connectivity index (χ0v) is 21.5. The molecule has 7 N–H and O–H groups in total. The van der Waals surface area contributed by atoms with E-state index in [2.05, 4.69) is 16.0 Å². The molecule has 0 aromatic heterocycles. The van der Waals surface area contributed by atoms with Gasteiger partial charge in [-0.3, -0.25) is 19.2 Å². The molecule has 0 bridgehead atoms. The molecule has 4 unspecified atom stereocenters. The van der Waals surface area contributed by atoms with Crippen LogP contribution in [-0.2, 0) is 30.4 Å². The third kappa shape index (κ3) is 11.1. The van der Waals surface area contributed by atoms with Crippen LogP contribution in [0.1, 0.15) is 38.7 Å². The highest BCUT2D eigenvalue weighted by atomic mass is 32.2. The van der Waals surface area contributed by atoms with Gasteiger partial charge in [0.2, 0.25) is 17.7 Å². The summed E-state index contributed by atoms with van der Waals surface area (Å²) in [5.74, 6) is -4.31. The maximum absolute atomic E-state index is 13.2. The lowest BCUT2D eigenvalue weighted by Gasteiger charge is -2.26. The third-order valence-corrected chi connectivity index (χ3v) is 6.04. The summed E-state index contributed by atoms with van der Waals surface area (Å²) in [5.41, 5.74) is 6.69. The summed E-state index contributed by atoms with van der Waals surface area (Å²) < 4.78 is 0. The summed E-state index contributed by atoms with van der Waals surface area (Å²) in [6, 6.07) is 4.41. The minimum absolute atomic E-state index is 0.102. The Bertz CT molecular complexity index is 898. The molecule has 0 saturated heterocycles. The highest BCUT2D eigenvalue weighted by Gasteiger charge is 2.31. The number of carboxylic acid groups (broad SMARTS) is 2.